The number of nitrogens with zero attached hydrogens (tertiary/aromatic N) is 4. The minimum atomic E-state index is -0.744. The molecule has 4 N–H and O–H groups in total. The Labute approximate surface area is 163 Å². The van der Waals surface area contributed by atoms with Crippen molar-refractivity contribution in [2.24, 2.45) is 5.73 Å². The molecule has 0 radical (unpaired) electrons. The summed E-state index contributed by atoms with van der Waals surface area (Å²) in [6.07, 6.45) is 0. The molecule has 3 aromatic rings. The highest BCUT2D eigenvalue weighted by atomic mass is 35.5. The smallest absolute Gasteiger partial charge is 0.330 e. The van der Waals surface area contributed by atoms with Gasteiger partial charge in [0, 0.05) is 26.2 Å². The molecule has 0 spiro atoms. The van der Waals surface area contributed by atoms with E-state index in [1.54, 1.807) is 28.8 Å². The third-order valence-corrected chi connectivity index (χ3v) is 4.90. The van der Waals surface area contributed by atoms with Gasteiger partial charge in [-0.3, -0.25) is 23.7 Å². The van der Waals surface area contributed by atoms with Crippen molar-refractivity contribution in [3.8, 4) is 5.69 Å². The van der Waals surface area contributed by atoms with Crippen LogP contribution in [0.1, 0.15) is 0 Å². The van der Waals surface area contributed by atoms with Gasteiger partial charge < -0.3 is 16.0 Å². The molecule has 3 heterocycles. The summed E-state index contributed by atoms with van der Waals surface area (Å²) in [5.74, 6) is -0.245. The molecule has 10 nitrogen and oxygen atoms in total. The molecule has 1 aliphatic rings. The number of nitrogens with two attached hydrogens (primary N) is 1. The number of anilines is 1. The van der Waals surface area contributed by atoms with Crippen LogP contribution in [0.25, 0.3) is 16.9 Å². The number of aromatic nitrogens is 4. The van der Waals surface area contributed by atoms with Gasteiger partial charge in [0.05, 0.1) is 10.7 Å². The number of aromatic amines is 1. The summed E-state index contributed by atoms with van der Waals surface area (Å²) in [5, 5.41) is 3.68. The van der Waals surface area contributed by atoms with Crippen LogP contribution in [0.4, 0.5) is 5.95 Å². The number of imidazole rings is 1. The van der Waals surface area contributed by atoms with Gasteiger partial charge in [0.25, 0.3) is 5.56 Å². The van der Waals surface area contributed by atoms with Gasteiger partial charge in [0.15, 0.2) is 11.2 Å². The molecular formula is C17H18ClN7O3. The molecule has 0 aliphatic carbocycles. The zero-order chi connectivity index (χ0) is 19.8. The van der Waals surface area contributed by atoms with Crippen LogP contribution >= 0.6 is 11.6 Å². The molecule has 0 bridgehead atoms. The highest BCUT2D eigenvalue weighted by Gasteiger charge is 2.25. The van der Waals surface area contributed by atoms with Gasteiger partial charge in [-0.15, -0.1) is 0 Å². The van der Waals surface area contributed by atoms with Gasteiger partial charge in [-0.25, -0.2) is 4.79 Å². The summed E-state index contributed by atoms with van der Waals surface area (Å²) in [6.45, 7) is 2.41. The largest absolute Gasteiger partial charge is 0.368 e. The van der Waals surface area contributed by atoms with Crippen LogP contribution in [0.15, 0.2) is 33.9 Å². The third kappa shape index (κ3) is 3.06. The first kappa shape index (κ1) is 18.3. The SMILES string of the molecule is NC(=O)Cn1c(=O)[nH]c(=O)c2c1nc(N1CCNCC1)n2-c1ccccc1Cl. The summed E-state index contributed by atoms with van der Waals surface area (Å²) >= 11 is 6.40. The van der Waals surface area contributed by atoms with Crippen LogP contribution in [0.5, 0.6) is 0 Å². The number of carbonyl (C=O) groups excluding carboxylic acids is 1. The van der Waals surface area contributed by atoms with Gasteiger partial charge in [-0.2, -0.15) is 4.98 Å². The highest BCUT2D eigenvalue weighted by Crippen LogP contribution is 2.29. The number of benzene rings is 1. The van der Waals surface area contributed by atoms with E-state index in [2.05, 4.69) is 15.3 Å². The van der Waals surface area contributed by atoms with Gasteiger partial charge in [-0.1, -0.05) is 23.7 Å². The number of fused-ring (bicyclic) bond motifs is 1. The average molecular weight is 404 g/mol. The van der Waals surface area contributed by atoms with Crippen molar-refractivity contribution < 1.29 is 4.79 Å². The highest BCUT2D eigenvalue weighted by molar-refractivity contribution is 6.32. The van der Waals surface area contributed by atoms with Crippen molar-refractivity contribution in [1.29, 1.82) is 0 Å². The van der Waals surface area contributed by atoms with Crippen LogP contribution in [-0.4, -0.2) is 51.2 Å². The second-order valence-corrected chi connectivity index (χ2v) is 6.83. The fraction of sp³-hybridized carbons (Fsp3) is 0.294. The first-order valence-corrected chi connectivity index (χ1v) is 9.09. The molecule has 1 amide bonds. The number of carbonyl (C=O) groups is 1. The van der Waals surface area contributed by atoms with Crippen LogP contribution in [0, 0.1) is 0 Å². The normalized spacial score (nSPS) is 14.5. The molecule has 4 rings (SSSR count). The minimum absolute atomic E-state index is 0.0843. The number of hydrogen-bond acceptors (Lipinski definition) is 6. The topological polar surface area (TPSA) is 131 Å². The molecule has 28 heavy (non-hydrogen) atoms. The lowest BCUT2D eigenvalue weighted by molar-refractivity contribution is -0.118. The maximum atomic E-state index is 12.7. The summed E-state index contributed by atoms with van der Waals surface area (Å²) in [7, 11) is 0. The number of amides is 1. The van der Waals surface area contributed by atoms with Gasteiger partial charge in [0.1, 0.15) is 6.54 Å². The Morgan fingerprint density at radius 1 is 1.21 bits per heavy atom. The van der Waals surface area contributed by atoms with Crippen molar-refractivity contribution in [3.63, 3.8) is 0 Å². The summed E-state index contributed by atoms with van der Waals surface area (Å²) < 4.78 is 2.69. The number of hydrogen-bond donors (Lipinski definition) is 3. The molecule has 1 saturated heterocycles. The van der Waals surface area contributed by atoms with E-state index in [0.29, 0.717) is 29.7 Å². The molecule has 11 heteroatoms. The first-order chi connectivity index (χ1) is 13.5. The van der Waals surface area contributed by atoms with E-state index >= 15 is 0 Å². The third-order valence-electron chi connectivity index (χ3n) is 4.58. The Balaban J connectivity index is 2.09. The van der Waals surface area contributed by atoms with Gasteiger partial charge in [0.2, 0.25) is 11.9 Å². The Morgan fingerprint density at radius 2 is 1.93 bits per heavy atom. The Kier molecular flexibility index (Phi) is 4.65. The van der Waals surface area contributed by atoms with E-state index in [-0.39, 0.29) is 11.2 Å². The van der Waals surface area contributed by atoms with E-state index in [1.807, 2.05) is 4.90 Å². The van der Waals surface area contributed by atoms with E-state index in [1.165, 1.54) is 0 Å². The summed E-state index contributed by atoms with van der Waals surface area (Å²) in [6, 6.07) is 7.04. The van der Waals surface area contributed by atoms with Crippen LogP contribution < -0.4 is 27.2 Å². The van der Waals surface area contributed by atoms with Crippen LogP contribution in [0.3, 0.4) is 0 Å². The van der Waals surface area contributed by atoms with E-state index in [9.17, 15) is 14.4 Å². The molecular weight excluding hydrogens is 386 g/mol. The average Bonchev–Trinajstić information content (AvgIpc) is 3.07. The predicted molar refractivity (Wildman–Crippen MR) is 105 cm³/mol. The van der Waals surface area contributed by atoms with Crippen molar-refractivity contribution in [2.75, 3.05) is 31.1 Å². The molecule has 1 aliphatic heterocycles. The van der Waals surface area contributed by atoms with E-state index < -0.39 is 23.7 Å². The maximum Gasteiger partial charge on any atom is 0.330 e. The molecule has 1 fully saturated rings. The number of piperazine rings is 1. The lowest BCUT2D eigenvalue weighted by Gasteiger charge is -2.28. The molecule has 0 atom stereocenters. The summed E-state index contributed by atoms with van der Waals surface area (Å²) in [4.78, 5) is 45.3. The van der Waals surface area contributed by atoms with Crippen LogP contribution in [0.2, 0.25) is 5.02 Å². The quantitative estimate of drug-likeness (QED) is 0.534. The fourth-order valence-electron chi connectivity index (χ4n) is 3.35. The lowest BCUT2D eigenvalue weighted by Crippen LogP contribution is -2.44. The van der Waals surface area contributed by atoms with E-state index in [4.69, 9.17) is 17.3 Å². The first-order valence-electron chi connectivity index (χ1n) is 8.72. The number of para-hydroxylation sites is 1. The molecule has 2 aromatic heterocycles. The Bertz CT molecular complexity index is 1170. The van der Waals surface area contributed by atoms with Gasteiger partial charge in [-0.05, 0) is 12.1 Å². The number of primary amides is 1. The number of H-pyrrole nitrogens is 1. The minimum Gasteiger partial charge on any atom is -0.368 e. The second kappa shape index (κ2) is 7.13. The Morgan fingerprint density at radius 3 is 2.61 bits per heavy atom. The van der Waals surface area contributed by atoms with E-state index in [0.717, 1.165) is 17.7 Å². The number of halogens is 1. The molecule has 0 unspecified atom stereocenters. The summed E-state index contributed by atoms with van der Waals surface area (Å²) in [5.41, 5.74) is 4.68. The molecule has 146 valence electrons. The predicted octanol–water partition coefficient (Wildman–Crippen LogP) is -0.576. The molecule has 0 saturated carbocycles. The molecule has 1 aromatic carbocycles. The van der Waals surface area contributed by atoms with Crippen molar-refractivity contribution in [3.05, 3.63) is 50.1 Å². The second-order valence-electron chi connectivity index (χ2n) is 6.42. The maximum absolute atomic E-state index is 12.7. The standard InChI is InChI=1S/C17H18ClN7O3/c18-10-3-1-2-4-11(10)25-13-14(21-16(25)23-7-5-20-6-8-23)24(9-12(19)26)17(28)22-15(13)27/h1-4,20H,5-9H2,(H2,19,26)(H,22,27,28). The van der Waals surface area contributed by atoms with Crippen molar-refractivity contribution >= 4 is 34.6 Å². The monoisotopic (exact) mass is 403 g/mol. The van der Waals surface area contributed by atoms with Crippen LogP contribution in [-0.2, 0) is 11.3 Å². The fourth-order valence-corrected chi connectivity index (χ4v) is 3.57. The zero-order valence-electron chi connectivity index (χ0n) is 14.8. The Hall–Kier alpha value is -3.11. The number of nitrogens with one attached hydrogen (secondary N) is 2. The van der Waals surface area contributed by atoms with Crippen molar-refractivity contribution in [1.82, 2.24) is 24.4 Å². The zero-order valence-corrected chi connectivity index (χ0v) is 15.6. The lowest BCUT2D eigenvalue weighted by atomic mass is 10.3. The number of rotatable bonds is 4. The van der Waals surface area contributed by atoms with Crippen molar-refractivity contribution in [2.45, 2.75) is 6.54 Å². The van der Waals surface area contributed by atoms with Gasteiger partial charge >= 0.3 is 5.69 Å².